The summed E-state index contributed by atoms with van der Waals surface area (Å²) in [6, 6.07) is 13.9. The molecule has 4 nitrogen and oxygen atoms in total. The van der Waals surface area contributed by atoms with Crippen LogP contribution in [0.1, 0.15) is 34.0 Å². The minimum Gasteiger partial charge on any atom is -0.497 e. The van der Waals surface area contributed by atoms with Gasteiger partial charge >= 0.3 is 0 Å². The Bertz CT molecular complexity index is 961. The third-order valence-corrected chi connectivity index (χ3v) is 5.65. The van der Waals surface area contributed by atoms with E-state index in [0.717, 1.165) is 39.7 Å². The molecule has 26 heavy (non-hydrogen) atoms. The number of rotatable bonds is 3. The number of hydrogen-bond donors (Lipinski definition) is 0. The first kappa shape index (κ1) is 17.2. The van der Waals surface area contributed by atoms with Crippen molar-refractivity contribution in [1.29, 1.82) is 0 Å². The molecule has 1 amide bonds. The molecule has 0 N–H and O–H groups in total. The van der Waals surface area contributed by atoms with E-state index in [1.165, 1.54) is 5.56 Å². The number of benzene rings is 2. The number of carbonyl (C=O) groups is 1. The summed E-state index contributed by atoms with van der Waals surface area (Å²) in [5.41, 5.74) is 2.89. The topological polar surface area (TPSA) is 42.7 Å². The van der Waals surface area contributed by atoms with Gasteiger partial charge in [-0.25, -0.2) is 0 Å². The van der Waals surface area contributed by atoms with Crippen LogP contribution in [-0.2, 0) is 0 Å². The summed E-state index contributed by atoms with van der Waals surface area (Å²) in [7, 11) is 1.67. The number of halogens is 1. The SMILES string of the molecule is COc1ccc(C2CCN(C(=O)c3oc4ccc(Br)cc4c3C)C2)cc1. The van der Waals surface area contributed by atoms with E-state index < -0.39 is 0 Å². The van der Waals surface area contributed by atoms with Crippen molar-refractivity contribution in [2.75, 3.05) is 20.2 Å². The molecule has 5 heteroatoms. The third-order valence-electron chi connectivity index (χ3n) is 5.16. The molecule has 3 aromatic rings. The van der Waals surface area contributed by atoms with Crippen molar-refractivity contribution in [1.82, 2.24) is 4.90 Å². The molecule has 4 rings (SSSR count). The molecule has 1 aromatic heterocycles. The monoisotopic (exact) mass is 413 g/mol. The van der Waals surface area contributed by atoms with Gasteiger partial charge in [0, 0.05) is 34.4 Å². The van der Waals surface area contributed by atoms with Gasteiger partial charge in [0.05, 0.1) is 7.11 Å². The van der Waals surface area contributed by atoms with Crippen LogP contribution in [0.25, 0.3) is 11.0 Å². The minimum absolute atomic E-state index is 0.0224. The van der Waals surface area contributed by atoms with Crippen molar-refractivity contribution < 1.29 is 13.9 Å². The molecule has 1 saturated heterocycles. The number of methoxy groups -OCH3 is 1. The highest BCUT2D eigenvalue weighted by Crippen LogP contribution is 2.32. The van der Waals surface area contributed by atoms with Crippen LogP contribution >= 0.6 is 15.9 Å². The van der Waals surface area contributed by atoms with E-state index in [9.17, 15) is 4.79 Å². The van der Waals surface area contributed by atoms with E-state index in [4.69, 9.17) is 9.15 Å². The second kappa shape index (κ2) is 6.80. The minimum atomic E-state index is -0.0224. The maximum absolute atomic E-state index is 13.0. The van der Waals surface area contributed by atoms with Gasteiger partial charge in [0.2, 0.25) is 0 Å². The fraction of sp³-hybridized carbons (Fsp3) is 0.286. The van der Waals surface area contributed by atoms with Crippen LogP contribution in [0.5, 0.6) is 5.75 Å². The molecular weight excluding hydrogens is 394 g/mol. The van der Waals surface area contributed by atoms with E-state index in [2.05, 4.69) is 28.1 Å². The van der Waals surface area contributed by atoms with Gasteiger partial charge < -0.3 is 14.1 Å². The summed E-state index contributed by atoms with van der Waals surface area (Å²) in [6.07, 6.45) is 0.961. The second-order valence-corrected chi connectivity index (χ2v) is 7.62. The number of furan rings is 1. The Morgan fingerprint density at radius 2 is 2.00 bits per heavy atom. The number of fused-ring (bicyclic) bond motifs is 1. The van der Waals surface area contributed by atoms with E-state index in [1.54, 1.807) is 7.11 Å². The quantitative estimate of drug-likeness (QED) is 0.596. The Balaban J connectivity index is 1.55. The lowest BCUT2D eigenvalue weighted by molar-refractivity contribution is 0.0760. The van der Waals surface area contributed by atoms with E-state index in [0.29, 0.717) is 18.2 Å². The van der Waals surface area contributed by atoms with Crippen LogP contribution in [0.15, 0.2) is 51.4 Å². The average Bonchev–Trinajstić information content (AvgIpc) is 3.27. The number of ether oxygens (including phenoxy) is 1. The first-order chi connectivity index (χ1) is 12.6. The van der Waals surface area contributed by atoms with Crippen LogP contribution < -0.4 is 4.74 Å². The van der Waals surface area contributed by atoms with Gasteiger partial charge in [0.15, 0.2) is 5.76 Å². The highest BCUT2D eigenvalue weighted by molar-refractivity contribution is 9.10. The maximum Gasteiger partial charge on any atom is 0.289 e. The van der Waals surface area contributed by atoms with Crippen molar-refractivity contribution >= 4 is 32.8 Å². The molecule has 1 atom stereocenters. The Kier molecular flexibility index (Phi) is 4.49. The van der Waals surface area contributed by atoms with Gasteiger partial charge in [-0.1, -0.05) is 28.1 Å². The largest absolute Gasteiger partial charge is 0.497 e. The van der Waals surface area contributed by atoms with Crippen LogP contribution in [0.2, 0.25) is 0 Å². The predicted octanol–water partition coefficient (Wildman–Crippen LogP) is 5.14. The number of hydrogen-bond acceptors (Lipinski definition) is 3. The van der Waals surface area contributed by atoms with Crippen molar-refractivity contribution in [2.45, 2.75) is 19.3 Å². The third kappa shape index (κ3) is 3.01. The van der Waals surface area contributed by atoms with Crippen molar-refractivity contribution in [3.05, 3.63) is 63.8 Å². The highest BCUT2D eigenvalue weighted by atomic mass is 79.9. The number of nitrogens with zero attached hydrogens (tertiary/aromatic N) is 1. The fourth-order valence-electron chi connectivity index (χ4n) is 3.63. The van der Waals surface area contributed by atoms with E-state index in [1.807, 2.05) is 42.2 Å². The van der Waals surface area contributed by atoms with Gasteiger partial charge in [-0.3, -0.25) is 4.79 Å². The van der Waals surface area contributed by atoms with Gasteiger partial charge in [0.1, 0.15) is 11.3 Å². The standard InChI is InChI=1S/C21H20BrNO3/c1-13-18-11-16(22)5-8-19(18)26-20(13)21(24)23-10-9-15(12-23)14-3-6-17(25-2)7-4-14/h3-8,11,15H,9-10,12H2,1-2H3. The molecule has 1 fully saturated rings. The normalized spacial score (nSPS) is 17.0. The Hall–Kier alpha value is -2.27. The zero-order chi connectivity index (χ0) is 18.3. The summed E-state index contributed by atoms with van der Waals surface area (Å²) in [4.78, 5) is 14.9. The van der Waals surface area contributed by atoms with Gasteiger partial charge in [-0.15, -0.1) is 0 Å². The molecule has 134 valence electrons. The van der Waals surface area contributed by atoms with Crippen LogP contribution in [0, 0.1) is 6.92 Å². The van der Waals surface area contributed by atoms with Crippen LogP contribution in [0.4, 0.5) is 0 Å². The number of carbonyl (C=O) groups excluding carboxylic acids is 1. The zero-order valence-corrected chi connectivity index (χ0v) is 16.4. The first-order valence-electron chi connectivity index (χ1n) is 8.68. The summed E-state index contributed by atoms with van der Waals surface area (Å²) >= 11 is 3.48. The van der Waals surface area contributed by atoms with Gasteiger partial charge in [-0.2, -0.15) is 0 Å². The summed E-state index contributed by atoms with van der Waals surface area (Å²) in [6.45, 7) is 3.41. The number of aryl methyl sites for hydroxylation is 1. The molecular formula is C21H20BrNO3. The van der Waals surface area contributed by atoms with Gasteiger partial charge in [-0.05, 0) is 49.2 Å². The Morgan fingerprint density at radius 1 is 1.23 bits per heavy atom. The first-order valence-corrected chi connectivity index (χ1v) is 9.48. The molecule has 2 aromatic carbocycles. The summed E-state index contributed by atoms with van der Waals surface area (Å²) in [5, 5.41) is 0.980. The molecule has 0 spiro atoms. The lowest BCUT2D eigenvalue weighted by Crippen LogP contribution is -2.28. The van der Waals surface area contributed by atoms with Crippen molar-refractivity contribution in [3.8, 4) is 5.75 Å². The fourth-order valence-corrected chi connectivity index (χ4v) is 3.99. The molecule has 1 aliphatic heterocycles. The molecule has 0 saturated carbocycles. The lowest BCUT2D eigenvalue weighted by atomic mass is 9.98. The molecule has 1 unspecified atom stereocenters. The van der Waals surface area contributed by atoms with Gasteiger partial charge in [0.25, 0.3) is 5.91 Å². The Morgan fingerprint density at radius 3 is 2.73 bits per heavy atom. The molecule has 0 radical (unpaired) electrons. The zero-order valence-electron chi connectivity index (χ0n) is 14.8. The predicted molar refractivity (Wildman–Crippen MR) is 105 cm³/mol. The smallest absolute Gasteiger partial charge is 0.289 e. The molecule has 0 aliphatic carbocycles. The molecule has 0 bridgehead atoms. The van der Waals surface area contributed by atoms with Crippen molar-refractivity contribution in [3.63, 3.8) is 0 Å². The highest BCUT2D eigenvalue weighted by Gasteiger charge is 2.31. The second-order valence-electron chi connectivity index (χ2n) is 6.71. The number of likely N-dealkylation sites (tertiary alicyclic amines) is 1. The maximum atomic E-state index is 13.0. The summed E-state index contributed by atoms with van der Waals surface area (Å²) in [5.74, 6) is 1.63. The number of amides is 1. The summed E-state index contributed by atoms with van der Waals surface area (Å²) < 4.78 is 12.1. The Labute approximate surface area is 160 Å². The average molecular weight is 414 g/mol. The lowest BCUT2D eigenvalue weighted by Gasteiger charge is -2.16. The molecule has 1 aliphatic rings. The molecule has 2 heterocycles. The van der Waals surface area contributed by atoms with E-state index >= 15 is 0 Å². The van der Waals surface area contributed by atoms with Crippen LogP contribution in [0.3, 0.4) is 0 Å². The van der Waals surface area contributed by atoms with Crippen molar-refractivity contribution in [2.24, 2.45) is 0 Å². The van der Waals surface area contributed by atoms with E-state index in [-0.39, 0.29) is 5.91 Å². The van der Waals surface area contributed by atoms with Crippen LogP contribution in [-0.4, -0.2) is 31.0 Å².